The van der Waals surface area contributed by atoms with Gasteiger partial charge in [0.15, 0.2) is 5.82 Å². The van der Waals surface area contributed by atoms with Crippen LogP contribution in [0.1, 0.15) is 51.4 Å². The first-order valence-electron chi connectivity index (χ1n) is 13.6. The number of likely N-dealkylation sites (tertiary alicyclic amines) is 2. The number of nitrogens with two attached hydrogens (primary N) is 1. The molecule has 2 aliphatic heterocycles. The standard InChI is InChI=1S/C26H37FN8O2/c27-16-21(28)17-4-6-19(7-5-17)26(37)35-15-12-22(34-13-2-1-3-14-34)23(35)25(36)29-20-10-8-18(9-11-20)24-30-32-33-31-24/h8-11,17,19,21-23H,1-7,12-16,28H2,(H,29,36)(H,30,31,32,33)/t17-,19-,21-,22-,23+/m1/s1. The zero-order valence-corrected chi connectivity index (χ0v) is 21.2. The predicted octanol–water partition coefficient (Wildman–Crippen LogP) is 2.36. The molecular formula is C26H37FN8O2. The lowest BCUT2D eigenvalue weighted by molar-refractivity contribution is -0.142. The van der Waals surface area contributed by atoms with Crippen molar-refractivity contribution in [2.24, 2.45) is 17.6 Å². The minimum atomic E-state index is -0.533. The Kier molecular flexibility index (Phi) is 8.09. The van der Waals surface area contributed by atoms with Crippen molar-refractivity contribution in [3.8, 4) is 11.4 Å². The third-order valence-electron chi connectivity index (χ3n) is 8.45. The lowest BCUT2D eigenvalue weighted by atomic mass is 9.78. The second-order valence-electron chi connectivity index (χ2n) is 10.7. The number of alkyl halides is 1. The summed E-state index contributed by atoms with van der Waals surface area (Å²) in [7, 11) is 0. The third kappa shape index (κ3) is 5.67. The number of carbonyl (C=O) groups excluding carboxylic acids is 2. The van der Waals surface area contributed by atoms with E-state index in [-0.39, 0.29) is 29.7 Å². The number of rotatable bonds is 7. The number of benzene rings is 1. The molecular weight excluding hydrogens is 475 g/mol. The maximum atomic E-state index is 13.7. The SMILES string of the molecule is N[C@H](CF)[C@H]1CC[C@H](C(=O)N2CC[C@@H](N3CCCCC3)[C@H]2C(=O)Nc2ccc(-c3nnn[nH]3)cc2)CC1. The van der Waals surface area contributed by atoms with Gasteiger partial charge in [0.2, 0.25) is 11.8 Å². The fraction of sp³-hybridized carbons (Fsp3) is 0.654. The number of anilines is 1. The molecule has 3 heterocycles. The zero-order chi connectivity index (χ0) is 25.8. The van der Waals surface area contributed by atoms with E-state index in [2.05, 4.69) is 30.8 Å². The Morgan fingerprint density at radius 3 is 2.43 bits per heavy atom. The normalized spacial score (nSPS) is 27.7. The van der Waals surface area contributed by atoms with Crippen LogP contribution in [0.5, 0.6) is 0 Å². The smallest absolute Gasteiger partial charge is 0.248 e. The Balaban J connectivity index is 1.30. The highest BCUT2D eigenvalue weighted by Gasteiger charge is 2.46. The highest BCUT2D eigenvalue weighted by atomic mass is 19.1. The first-order valence-corrected chi connectivity index (χ1v) is 13.6. The van der Waals surface area contributed by atoms with Gasteiger partial charge in [-0.2, -0.15) is 0 Å². The Hall–Kier alpha value is -2.92. The van der Waals surface area contributed by atoms with Crippen LogP contribution >= 0.6 is 0 Å². The van der Waals surface area contributed by atoms with Crippen LogP contribution in [0.2, 0.25) is 0 Å². The summed E-state index contributed by atoms with van der Waals surface area (Å²) in [6.45, 7) is 1.98. The molecule has 1 aliphatic carbocycles. The predicted molar refractivity (Wildman–Crippen MR) is 137 cm³/mol. The van der Waals surface area contributed by atoms with Gasteiger partial charge in [0.25, 0.3) is 0 Å². The molecule has 0 spiro atoms. The van der Waals surface area contributed by atoms with Gasteiger partial charge in [-0.15, -0.1) is 5.10 Å². The van der Waals surface area contributed by atoms with E-state index in [0.717, 1.165) is 50.8 Å². The maximum Gasteiger partial charge on any atom is 0.248 e. The summed E-state index contributed by atoms with van der Waals surface area (Å²) in [5.74, 6) is 0.457. The Labute approximate surface area is 216 Å². The van der Waals surface area contributed by atoms with Crippen LogP contribution < -0.4 is 11.1 Å². The van der Waals surface area contributed by atoms with Gasteiger partial charge in [0, 0.05) is 35.8 Å². The van der Waals surface area contributed by atoms with Gasteiger partial charge in [-0.1, -0.05) is 6.42 Å². The Bertz CT molecular complexity index is 1040. The van der Waals surface area contributed by atoms with Crippen LogP contribution in [-0.4, -0.2) is 86.7 Å². The number of piperidine rings is 1. The molecule has 10 nitrogen and oxygen atoms in total. The van der Waals surface area contributed by atoms with Gasteiger partial charge in [-0.05, 0) is 98.6 Å². The second kappa shape index (κ2) is 11.6. The summed E-state index contributed by atoms with van der Waals surface area (Å²) in [6.07, 6.45) is 7.17. The molecule has 37 heavy (non-hydrogen) atoms. The lowest BCUT2D eigenvalue weighted by Gasteiger charge is -2.38. The van der Waals surface area contributed by atoms with E-state index in [0.29, 0.717) is 30.9 Å². The molecule has 1 aromatic carbocycles. The van der Waals surface area contributed by atoms with Crippen LogP contribution in [0.15, 0.2) is 24.3 Å². The molecule has 200 valence electrons. The number of carbonyl (C=O) groups is 2. The number of amides is 2. The van der Waals surface area contributed by atoms with E-state index in [1.165, 1.54) is 6.42 Å². The van der Waals surface area contributed by atoms with Gasteiger partial charge >= 0.3 is 0 Å². The molecule has 4 N–H and O–H groups in total. The first-order chi connectivity index (χ1) is 18.0. The van der Waals surface area contributed by atoms with Gasteiger partial charge in [-0.3, -0.25) is 14.5 Å². The summed E-state index contributed by atoms with van der Waals surface area (Å²) in [5, 5.41) is 16.9. The van der Waals surface area contributed by atoms with E-state index in [4.69, 9.17) is 5.73 Å². The Morgan fingerprint density at radius 2 is 1.78 bits per heavy atom. The molecule has 3 atom stereocenters. The number of aromatic amines is 1. The zero-order valence-electron chi connectivity index (χ0n) is 21.2. The van der Waals surface area contributed by atoms with Crippen LogP contribution in [-0.2, 0) is 9.59 Å². The van der Waals surface area contributed by atoms with E-state index < -0.39 is 18.8 Å². The van der Waals surface area contributed by atoms with Crippen molar-refractivity contribution in [1.29, 1.82) is 0 Å². The van der Waals surface area contributed by atoms with Crippen LogP contribution in [0.25, 0.3) is 11.4 Å². The number of nitrogens with zero attached hydrogens (tertiary/aromatic N) is 5. The maximum absolute atomic E-state index is 13.7. The topological polar surface area (TPSA) is 133 Å². The van der Waals surface area contributed by atoms with Crippen molar-refractivity contribution in [2.75, 3.05) is 31.6 Å². The van der Waals surface area contributed by atoms with Crippen molar-refractivity contribution in [1.82, 2.24) is 30.4 Å². The van der Waals surface area contributed by atoms with Crippen LogP contribution in [0.4, 0.5) is 10.1 Å². The number of H-pyrrole nitrogens is 1. The van der Waals surface area contributed by atoms with E-state index in [9.17, 15) is 14.0 Å². The summed E-state index contributed by atoms with van der Waals surface area (Å²) >= 11 is 0. The number of hydrogen-bond acceptors (Lipinski definition) is 7. The van der Waals surface area contributed by atoms with Crippen molar-refractivity contribution in [3.63, 3.8) is 0 Å². The van der Waals surface area contributed by atoms with Gasteiger partial charge < -0.3 is 16.0 Å². The molecule has 11 heteroatoms. The summed E-state index contributed by atoms with van der Waals surface area (Å²) in [5.41, 5.74) is 7.40. The van der Waals surface area contributed by atoms with E-state index >= 15 is 0 Å². The summed E-state index contributed by atoms with van der Waals surface area (Å²) in [6, 6.07) is 6.37. The number of tetrazole rings is 1. The highest BCUT2D eigenvalue weighted by Crippen LogP contribution is 2.35. The molecule has 0 radical (unpaired) electrons. The second-order valence-corrected chi connectivity index (χ2v) is 10.7. The van der Waals surface area contributed by atoms with E-state index in [1.54, 1.807) is 0 Å². The van der Waals surface area contributed by atoms with Gasteiger partial charge in [0.1, 0.15) is 12.7 Å². The molecule has 2 saturated heterocycles. The fourth-order valence-corrected chi connectivity index (χ4v) is 6.34. The number of aromatic nitrogens is 4. The third-order valence-corrected chi connectivity index (χ3v) is 8.45. The average Bonchev–Trinajstić information content (AvgIpc) is 3.64. The fourth-order valence-electron chi connectivity index (χ4n) is 6.34. The average molecular weight is 513 g/mol. The molecule has 0 unspecified atom stereocenters. The molecule has 1 saturated carbocycles. The van der Waals surface area contributed by atoms with Crippen LogP contribution in [0, 0.1) is 11.8 Å². The summed E-state index contributed by atoms with van der Waals surface area (Å²) < 4.78 is 13.0. The number of nitrogens with one attached hydrogen (secondary N) is 2. The van der Waals surface area contributed by atoms with Crippen molar-refractivity contribution < 1.29 is 14.0 Å². The number of halogens is 1. The van der Waals surface area contributed by atoms with Gasteiger partial charge in [-0.25, -0.2) is 9.49 Å². The first kappa shape index (κ1) is 25.7. The molecule has 3 fully saturated rings. The molecule has 2 aromatic rings. The Morgan fingerprint density at radius 1 is 1.05 bits per heavy atom. The lowest BCUT2D eigenvalue weighted by Crippen LogP contribution is -2.55. The molecule has 3 aliphatic rings. The van der Waals surface area contributed by atoms with E-state index in [1.807, 2.05) is 29.2 Å². The largest absolute Gasteiger partial charge is 0.329 e. The summed E-state index contributed by atoms with van der Waals surface area (Å²) in [4.78, 5) is 31.7. The number of hydrogen-bond donors (Lipinski definition) is 3. The minimum Gasteiger partial charge on any atom is -0.329 e. The molecule has 5 rings (SSSR count). The molecule has 1 aromatic heterocycles. The van der Waals surface area contributed by atoms with Crippen molar-refractivity contribution in [3.05, 3.63) is 24.3 Å². The highest BCUT2D eigenvalue weighted by molar-refractivity contribution is 5.98. The minimum absolute atomic E-state index is 0.0140. The molecule has 0 bridgehead atoms. The van der Waals surface area contributed by atoms with Crippen LogP contribution in [0.3, 0.4) is 0 Å². The quantitative estimate of drug-likeness (QED) is 0.519. The molecule has 2 amide bonds. The van der Waals surface area contributed by atoms with Gasteiger partial charge in [0.05, 0.1) is 0 Å². The monoisotopic (exact) mass is 512 g/mol. The van der Waals surface area contributed by atoms with Crippen molar-refractivity contribution >= 4 is 17.5 Å². The van der Waals surface area contributed by atoms with Crippen molar-refractivity contribution in [2.45, 2.75) is 69.5 Å².